The highest BCUT2D eigenvalue weighted by Gasteiger charge is 2.30. The van der Waals surface area contributed by atoms with E-state index in [1.807, 2.05) is 24.3 Å². The highest BCUT2D eigenvalue weighted by Crippen LogP contribution is 2.19. The molecule has 172 valence electrons. The van der Waals surface area contributed by atoms with E-state index >= 15 is 0 Å². The summed E-state index contributed by atoms with van der Waals surface area (Å²) in [6.07, 6.45) is 0.452. The Hall–Kier alpha value is -2.26. The Morgan fingerprint density at radius 1 is 0.906 bits per heavy atom. The first-order valence-electron chi connectivity index (χ1n) is 11.1. The fourth-order valence-electron chi connectivity index (χ4n) is 4.48. The number of carbonyl (C=O) groups is 1. The van der Waals surface area contributed by atoms with Crippen LogP contribution in [0.5, 0.6) is 0 Å². The Kier molecular flexibility index (Phi) is 6.95. The average molecular weight is 458 g/mol. The topological polar surface area (TPSA) is 70.2 Å². The van der Waals surface area contributed by atoms with Gasteiger partial charge >= 0.3 is 0 Å². The second-order valence-electron chi connectivity index (χ2n) is 8.66. The minimum Gasteiger partial charge on any atom is -0.373 e. The van der Waals surface area contributed by atoms with Gasteiger partial charge in [-0.2, -0.15) is 4.31 Å². The van der Waals surface area contributed by atoms with Crippen molar-refractivity contribution in [3.63, 3.8) is 0 Å². The number of morpholine rings is 1. The van der Waals surface area contributed by atoms with Gasteiger partial charge < -0.3 is 9.64 Å². The second-order valence-corrected chi connectivity index (χ2v) is 10.6. The van der Waals surface area contributed by atoms with Crippen molar-refractivity contribution in [2.75, 3.05) is 39.3 Å². The molecule has 0 radical (unpaired) electrons. The molecule has 1 amide bonds. The van der Waals surface area contributed by atoms with Gasteiger partial charge in [0.2, 0.25) is 10.0 Å². The van der Waals surface area contributed by atoms with E-state index in [2.05, 4.69) is 18.7 Å². The largest absolute Gasteiger partial charge is 0.373 e. The summed E-state index contributed by atoms with van der Waals surface area (Å²) >= 11 is 0. The van der Waals surface area contributed by atoms with Crippen LogP contribution in [0, 0.1) is 0 Å². The van der Waals surface area contributed by atoms with Crippen molar-refractivity contribution in [1.29, 1.82) is 0 Å². The molecule has 2 fully saturated rings. The predicted octanol–water partition coefficient (Wildman–Crippen LogP) is 2.44. The van der Waals surface area contributed by atoms with E-state index < -0.39 is 10.0 Å². The van der Waals surface area contributed by atoms with Gasteiger partial charge in [-0.3, -0.25) is 9.69 Å². The van der Waals surface area contributed by atoms with Crippen LogP contribution in [0.3, 0.4) is 0 Å². The zero-order valence-corrected chi connectivity index (χ0v) is 19.5. The molecule has 0 aliphatic carbocycles. The van der Waals surface area contributed by atoms with Gasteiger partial charge in [0, 0.05) is 51.4 Å². The van der Waals surface area contributed by atoms with Crippen molar-refractivity contribution < 1.29 is 17.9 Å². The van der Waals surface area contributed by atoms with Crippen LogP contribution >= 0.6 is 0 Å². The Bertz CT molecular complexity index is 1010. The van der Waals surface area contributed by atoms with E-state index in [-0.39, 0.29) is 18.1 Å². The van der Waals surface area contributed by atoms with Gasteiger partial charge in [0.1, 0.15) is 0 Å². The van der Waals surface area contributed by atoms with Crippen molar-refractivity contribution in [2.45, 2.75) is 37.5 Å². The number of sulfonamides is 1. The Labute approximate surface area is 190 Å². The number of ether oxygens (including phenoxy) is 1. The van der Waals surface area contributed by atoms with Crippen LogP contribution in [0.15, 0.2) is 59.5 Å². The van der Waals surface area contributed by atoms with Gasteiger partial charge in [0.25, 0.3) is 5.91 Å². The summed E-state index contributed by atoms with van der Waals surface area (Å²) in [5, 5.41) is 0. The zero-order chi connectivity index (χ0) is 22.7. The van der Waals surface area contributed by atoms with Crippen LogP contribution in [0.4, 0.5) is 0 Å². The molecule has 2 aromatic carbocycles. The standard InChI is InChI=1S/C24H31N3O4S/c1-19-16-25(17-20(2)31-19)18-21-8-10-22(11-9-21)24(28)26-12-14-27(15-13-26)32(29,30)23-6-4-3-5-7-23/h3-11,19-20H,12-18H2,1-2H3. The number of piperazine rings is 1. The predicted molar refractivity (Wildman–Crippen MR) is 123 cm³/mol. The molecule has 2 saturated heterocycles. The first kappa shape index (κ1) is 22.9. The lowest BCUT2D eigenvalue weighted by atomic mass is 10.1. The van der Waals surface area contributed by atoms with Gasteiger partial charge in [-0.25, -0.2) is 8.42 Å². The maximum atomic E-state index is 12.9. The molecule has 8 heteroatoms. The summed E-state index contributed by atoms with van der Waals surface area (Å²) in [7, 11) is -3.52. The maximum absolute atomic E-state index is 12.9. The molecule has 2 aliphatic rings. The van der Waals surface area contributed by atoms with E-state index in [0.29, 0.717) is 36.6 Å². The van der Waals surface area contributed by atoms with Crippen LogP contribution < -0.4 is 0 Å². The first-order chi connectivity index (χ1) is 15.3. The van der Waals surface area contributed by atoms with Gasteiger partial charge in [-0.05, 0) is 43.7 Å². The molecule has 0 saturated carbocycles. The van der Waals surface area contributed by atoms with E-state index in [4.69, 9.17) is 4.74 Å². The molecule has 2 atom stereocenters. The lowest BCUT2D eigenvalue weighted by molar-refractivity contribution is -0.0704. The van der Waals surface area contributed by atoms with E-state index in [9.17, 15) is 13.2 Å². The fraction of sp³-hybridized carbons (Fsp3) is 0.458. The van der Waals surface area contributed by atoms with Crippen LogP contribution in [-0.4, -0.2) is 79.9 Å². The van der Waals surface area contributed by atoms with Crippen molar-refractivity contribution in [1.82, 2.24) is 14.1 Å². The normalized spacial score (nSPS) is 23.2. The number of amides is 1. The number of hydrogen-bond acceptors (Lipinski definition) is 5. The first-order valence-corrected chi connectivity index (χ1v) is 12.6. The molecule has 32 heavy (non-hydrogen) atoms. The van der Waals surface area contributed by atoms with Gasteiger partial charge in [0.15, 0.2) is 0 Å². The molecule has 0 bridgehead atoms. The number of rotatable bonds is 5. The van der Waals surface area contributed by atoms with Crippen LogP contribution in [0.25, 0.3) is 0 Å². The quantitative estimate of drug-likeness (QED) is 0.690. The Morgan fingerprint density at radius 3 is 2.09 bits per heavy atom. The van der Waals surface area contributed by atoms with E-state index in [1.54, 1.807) is 35.2 Å². The molecule has 0 spiro atoms. The van der Waals surface area contributed by atoms with Crippen molar-refractivity contribution in [3.05, 3.63) is 65.7 Å². The monoisotopic (exact) mass is 457 g/mol. The Morgan fingerprint density at radius 2 is 1.50 bits per heavy atom. The summed E-state index contributed by atoms with van der Waals surface area (Å²) in [6.45, 7) is 8.20. The average Bonchev–Trinajstić information content (AvgIpc) is 2.79. The summed E-state index contributed by atoms with van der Waals surface area (Å²) < 4.78 is 32.8. The van der Waals surface area contributed by atoms with Crippen LogP contribution in [-0.2, 0) is 21.3 Å². The molecule has 4 rings (SSSR count). The van der Waals surface area contributed by atoms with Crippen LogP contribution in [0.2, 0.25) is 0 Å². The summed E-state index contributed by atoms with van der Waals surface area (Å²) in [6, 6.07) is 16.2. The third-order valence-corrected chi connectivity index (χ3v) is 7.92. The molecular formula is C24H31N3O4S. The zero-order valence-electron chi connectivity index (χ0n) is 18.7. The molecular weight excluding hydrogens is 426 g/mol. The lowest BCUT2D eigenvalue weighted by Crippen LogP contribution is -2.50. The maximum Gasteiger partial charge on any atom is 0.253 e. The fourth-order valence-corrected chi connectivity index (χ4v) is 5.92. The number of carbonyl (C=O) groups excluding carboxylic acids is 1. The summed E-state index contributed by atoms with van der Waals surface area (Å²) in [5.74, 6) is -0.0538. The van der Waals surface area contributed by atoms with Crippen molar-refractivity contribution in [2.24, 2.45) is 0 Å². The summed E-state index contributed by atoms with van der Waals surface area (Å²) in [4.78, 5) is 17.3. The van der Waals surface area contributed by atoms with E-state index in [0.717, 1.165) is 19.6 Å². The van der Waals surface area contributed by atoms with Gasteiger partial charge in [-0.1, -0.05) is 30.3 Å². The number of hydrogen-bond donors (Lipinski definition) is 0. The van der Waals surface area contributed by atoms with Crippen molar-refractivity contribution >= 4 is 15.9 Å². The Balaban J connectivity index is 1.33. The van der Waals surface area contributed by atoms with Gasteiger partial charge in [0.05, 0.1) is 17.1 Å². The minimum absolute atomic E-state index is 0.0538. The van der Waals surface area contributed by atoms with Crippen LogP contribution in [0.1, 0.15) is 29.8 Å². The smallest absolute Gasteiger partial charge is 0.253 e. The second kappa shape index (κ2) is 9.70. The molecule has 2 aromatic rings. The number of benzene rings is 2. The highest BCUT2D eigenvalue weighted by atomic mass is 32.2. The SMILES string of the molecule is CC1CN(Cc2ccc(C(=O)N3CCN(S(=O)(=O)c4ccccc4)CC3)cc2)CC(C)O1. The molecule has 7 nitrogen and oxygen atoms in total. The minimum atomic E-state index is -3.52. The third-order valence-electron chi connectivity index (χ3n) is 6.01. The highest BCUT2D eigenvalue weighted by molar-refractivity contribution is 7.89. The summed E-state index contributed by atoms with van der Waals surface area (Å²) in [5.41, 5.74) is 1.80. The van der Waals surface area contributed by atoms with Crippen molar-refractivity contribution in [3.8, 4) is 0 Å². The number of nitrogens with zero attached hydrogens (tertiary/aromatic N) is 3. The third kappa shape index (κ3) is 5.20. The molecule has 2 heterocycles. The molecule has 2 unspecified atom stereocenters. The molecule has 2 aliphatic heterocycles. The van der Waals surface area contributed by atoms with Gasteiger partial charge in [-0.15, -0.1) is 0 Å². The lowest BCUT2D eigenvalue weighted by Gasteiger charge is -2.35. The van der Waals surface area contributed by atoms with E-state index in [1.165, 1.54) is 9.87 Å². The molecule has 0 aromatic heterocycles. The molecule has 0 N–H and O–H groups in total.